The molecule has 0 unspecified atom stereocenters. The van der Waals surface area contributed by atoms with E-state index in [1.165, 1.54) is 6.07 Å². The molecule has 1 aliphatic heterocycles. The smallest absolute Gasteiger partial charge is 0.131 e. The van der Waals surface area contributed by atoms with E-state index in [9.17, 15) is 4.39 Å². The van der Waals surface area contributed by atoms with Crippen molar-refractivity contribution in [3.05, 3.63) is 29.6 Å². The fourth-order valence-corrected chi connectivity index (χ4v) is 1.20. The molecule has 0 aromatic heterocycles. The lowest BCUT2D eigenvalue weighted by atomic mass is 10.2. The van der Waals surface area contributed by atoms with E-state index in [4.69, 9.17) is 0 Å². The molecule has 0 aliphatic carbocycles. The first-order valence-electron chi connectivity index (χ1n) is 3.31. The van der Waals surface area contributed by atoms with Crippen LogP contribution in [0.4, 0.5) is 10.1 Å². The molecule has 51 valence electrons. The topological polar surface area (TPSA) is 12.0 Å². The summed E-state index contributed by atoms with van der Waals surface area (Å²) in [7, 11) is 0. The number of hydrogen-bond acceptors (Lipinski definition) is 1. The first-order valence-corrected chi connectivity index (χ1v) is 3.31. The van der Waals surface area contributed by atoms with Crippen molar-refractivity contribution in [2.75, 3.05) is 11.9 Å². The van der Waals surface area contributed by atoms with Crippen molar-refractivity contribution >= 4 is 5.69 Å². The maximum absolute atomic E-state index is 12.5. The molecule has 1 nitrogen and oxygen atoms in total. The summed E-state index contributed by atoms with van der Waals surface area (Å²) in [6.07, 6.45) is 0.896. The Morgan fingerprint density at radius 2 is 2.40 bits per heavy atom. The lowest BCUT2D eigenvalue weighted by molar-refractivity contribution is 0.624. The largest absolute Gasteiger partial charge is 0.384 e. The third kappa shape index (κ3) is 0.764. The Hall–Kier alpha value is -1.05. The molecule has 0 fully saturated rings. The van der Waals surface area contributed by atoms with Gasteiger partial charge in [0, 0.05) is 18.3 Å². The summed E-state index contributed by atoms with van der Waals surface area (Å²) in [4.78, 5) is 0. The zero-order valence-electron chi connectivity index (χ0n) is 5.45. The first-order chi connectivity index (χ1) is 4.86. The minimum Gasteiger partial charge on any atom is -0.384 e. The van der Waals surface area contributed by atoms with Crippen molar-refractivity contribution in [3.63, 3.8) is 0 Å². The molecule has 0 saturated carbocycles. The minimum atomic E-state index is -0.262. The quantitative estimate of drug-likeness (QED) is 0.571. The van der Waals surface area contributed by atoms with Crippen LogP contribution in [0.25, 0.3) is 0 Å². The van der Waals surface area contributed by atoms with E-state index in [0.717, 1.165) is 24.2 Å². The average molecular weight is 136 g/mol. The summed E-state index contributed by atoms with van der Waals surface area (Å²) in [5, 5.41) is 3.13. The number of nitrogens with one attached hydrogen (secondary N) is 1. The fourth-order valence-electron chi connectivity index (χ4n) is 1.20. The molecule has 1 heterocycles. The molecule has 1 N–H and O–H groups in total. The molecule has 2 rings (SSSR count). The standard InChI is InChI=1S/C8H7FN/c9-7-1-2-8-6(5-7)3-4-10-8/h1-2,10H,3-4H2. The van der Waals surface area contributed by atoms with Crippen LogP contribution in [0.2, 0.25) is 0 Å². The second-order valence-corrected chi connectivity index (χ2v) is 2.38. The second kappa shape index (κ2) is 1.97. The second-order valence-electron chi connectivity index (χ2n) is 2.38. The maximum Gasteiger partial charge on any atom is 0.131 e. The highest BCUT2D eigenvalue weighted by Gasteiger charge is 2.09. The highest BCUT2D eigenvalue weighted by Crippen LogP contribution is 2.21. The third-order valence-corrected chi connectivity index (χ3v) is 1.68. The Morgan fingerprint density at radius 3 is 3.30 bits per heavy atom. The number of rotatable bonds is 0. The van der Waals surface area contributed by atoms with E-state index in [0.29, 0.717) is 0 Å². The molecule has 0 atom stereocenters. The van der Waals surface area contributed by atoms with Gasteiger partial charge in [0.05, 0.1) is 0 Å². The van der Waals surface area contributed by atoms with E-state index in [2.05, 4.69) is 11.4 Å². The highest BCUT2D eigenvalue weighted by molar-refractivity contribution is 5.54. The molecular formula is C8H7FN. The molecule has 0 spiro atoms. The third-order valence-electron chi connectivity index (χ3n) is 1.68. The monoisotopic (exact) mass is 136 g/mol. The van der Waals surface area contributed by atoms with Gasteiger partial charge in [0.15, 0.2) is 0 Å². The Balaban J connectivity index is 2.52. The molecule has 2 heteroatoms. The number of benzene rings is 1. The molecule has 1 aromatic carbocycles. The van der Waals surface area contributed by atoms with Gasteiger partial charge in [-0.05, 0) is 24.1 Å². The number of fused-ring (bicyclic) bond motifs is 1. The van der Waals surface area contributed by atoms with Crippen molar-refractivity contribution < 1.29 is 4.39 Å². The molecule has 0 bridgehead atoms. The Labute approximate surface area is 58.9 Å². The van der Waals surface area contributed by atoms with Crippen molar-refractivity contribution in [3.8, 4) is 0 Å². The molecule has 0 amide bonds. The van der Waals surface area contributed by atoms with Gasteiger partial charge < -0.3 is 5.32 Å². The van der Waals surface area contributed by atoms with Crippen LogP contribution >= 0.6 is 0 Å². The highest BCUT2D eigenvalue weighted by atomic mass is 19.1. The first kappa shape index (κ1) is 5.71. The molecule has 0 saturated heterocycles. The van der Waals surface area contributed by atoms with Crippen molar-refractivity contribution in [1.82, 2.24) is 0 Å². The fraction of sp³-hybridized carbons (Fsp3) is 0.250. The minimum absolute atomic E-state index is 0.262. The molecule has 10 heavy (non-hydrogen) atoms. The van der Waals surface area contributed by atoms with Gasteiger partial charge in [0.2, 0.25) is 0 Å². The molecular weight excluding hydrogens is 129 g/mol. The van der Waals surface area contributed by atoms with Crippen molar-refractivity contribution in [2.45, 2.75) is 6.42 Å². The summed E-state index contributed by atoms with van der Waals surface area (Å²) in [5.74, 6) is -0.262. The lowest BCUT2D eigenvalue weighted by Crippen LogP contribution is -1.90. The van der Waals surface area contributed by atoms with Crippen LogP contribution in [-0.2, 0) is 6.42 Å². The predicted octanol–water partition coefficient (Wildman–Crippen LogP) is 1.59. The molecule has 1 aromatic rings. The summed E-state index contributed by atoms with van der Waals surface area (Å²) >= 11 is 0. The van der Waals surface area contributed by atoms with Crippen LogP contribution in [-0.4, -0.2) is 6.54 Å². The average Bonchev–Trinajstić information content (AvgIpc) is 2.33. The zero-order chi connectivity index (χ0) is 6.97. The van der Waals surface area contributed by atoms with Gasteiger partial charge in [0.1, 0.15) is 5.82 Å². The Bertz CT molecular complexity index is 257. The van der Waals surface area contributed by atoms with Crippen LogP contribution in [0.1, 0.15) is 5.56 Å². The van der Waals surface area contributed by atoms with E-state index in [1.807, 2.05) is 0 Å². The Morgan fingerprint density at radius 1 is 1.50 bits per heavy atom. The van der Waals surface area contributed by atoms with Gasteiger partial charge >= 0.3 is 0 Å². The van der Waals surface area contributed by atoms with Crippen LogP contribution in [0, 0.1) is 11.9 Å². The lowest BCUT2D eigenvalue weighted by Gasteiger charge is -1.95. The Kier molecular flexibility index (Phi) is 1.13. The summed E-state index contributed by atoms with van der Waals surface area (Å²) in [5.41, 5.74) is 2.00. The number of hydrogen-bond donors (Lipinski definition) is 1. The maximum atomic E-state index is 12.5. The van der Waals surface area contributed by atoms with E-state index in [1.54, 1.807) is 6.07 Å². The molecule has 1 aliphatic rings. The number of anilines is 1. The zero-order valence-corrected chi connectivity index (χ0v) is 5.45. The predicted molar refractivity (Wildman–Crippen MR) is 37.4 cm³/mol. The SMILES string of the molecule is Fc1[c]c2c(cc1)NCC2. The van der Waals surface area contributed by atoms with Gasteiger partial charge in [-0.15, -0.1) is 0 Å². The van der Waals surface area contributed by atoms with Crippen LogP contribution in [0.15, 0.2) is 12.1 Å². The van der Waals surface area contributed by atoms with E-state index in [-0.39, 0.29) is 5.82 Å². The molecule has 1 radical (unpaired) electrons. The van der Waals surface area contributed by atoms with E-state index >= 15 is 0 Å². The summed E-state index contributed by atoms with van der Waals surface area (Å²) < 4.78 is 12.5. The van der Waals surface area contributed by atoms with Gasteiger partial charge in [-0.3, -0.25) is 0 Å². The van der Waals surface area contributed by atoms with E-state index < -0.39 is 0 Å². The van der Waals surface area contributed by atoms with Gasteiger partial charge in [0.25, 0.3) is 0 Å². The van der Waals surface area contributed by atoms with Crippen molar-refractivity contribution in [1.29, 1.82) is 0 Å². The van der Waals surface area contributed by atoms with Gasteiger partial charge in [-0.1, -0.05) is 0 Å². The van der Waals surface area contributed by atoms with Crippen LogP contribution in [0.3, 0.4) is 0 Å². The normalized spacial score (nSPS) is 14.5. The van der Waals surface area contributed by atoms with Crippen LogP contribution in [0.5, 0.6) is 0 Å². The van der Waals surface area contributed by atoms with Gasteiger partial charge in [-0.2, -0.15) is 0 Å². The van der Waals surface area contributed by atoms with Gasteiger partial charge in [-0.25, -0.2) is 4.39 Å². The van der Waals surface area contributed by atoms with Crippen LogP contribution < -0.4 is 5.32 Å². The van der Waals surface area contributed by atoms with Crippen molar-refractivity contribution in [2.24, 2.45) is 0 Å². The summed E-state index contributed by atoms with van der Waals surface area (Å²) in [6.45, 7) is 0.912. The summed E-state index contributed by atoms with van der Waals surface area (Å²) in [6, 6.07) is 5.84. The number of halogens is 1.